The molecule has 0 spiro atoms. The first-order valence-corrected chi connectivity index (χ1v) is 6.57. The molecule has 1 heterocycles. The topological polar surface area (TPSA) is 51.5 Å². The van der Waals surface area contributed by atoms with E-state index in [9.17, 15) is 4.79 Å². The molecule has 1 aromatic heterocycles. The molecule has 4 nitrogen and oxygen atoms in total. The van der Waals surface area contributed by atoms with Crippen LogP contribution in [0.5, 0.6) is 0 Å². The van der Waals surface area contributed by atoms with E-state index in [1.807, 2.05) is 0 Å². The van der Waals surface area contributed by atoms with Crippen molar-refractivity contribution in [2.24, 2.45) is 0 Å². The number of methoxy groups -OCH3 is 1. The molecule has 0 bridgehead atoms. The molecule has 0 saturated carbocycles. The Hall–Kier alpha value is -2.07. The first-order valence-electron chi connectivity index (χ1n) is 6.57. The maximum Gasteiger partial charge on any atom is 0.373 e. The van der Waals surface area contributed by atoms with Crippen molar-refractivity contribution in [3.63, 3.8) is 0 Å². The molecule has 2 rings (SSSR count). The van der Waals surface area contributed by atoms with E-state index in [-0.39, 0.29) is 11.8 Å². The molecule has 0 aliphatic rings. The monoisotopic (exact) mass is 273 g/mol. The molecule has 0 amide bonds. The molecule has 20 heavy (non-hydrogen) atoms. The number of hydrogen-bond acceptors (Lipinski definition) is 4. The number of aryl methyl sites for hydroxylation is 1. The van der Waals surface area contributed by atoms with Crippen molar-refractivity contribution in [3.05, 3.63) is 59.0 Å². The van der Waals surface area contributed by atoms with Gasteiger partial charge in [0.2, 0.25) is 5.76 Å². The smallest absolute Gasteiger partial charge is 0.373 e. The van der Waals surface area contributed by atoms with Crippen LogP contribution in [0.25, 0.3) is 0 Å². The van der Waals surface area contributed by atoms with Gasteiger partial charge in [0.05, 0.1) is 13.7 Å². The Balaban J connectivity index is 1.93. The first-order chi connectivity index (χ1) is 9.60. The summed E-state index contributed by atoms with van der Waals surface area (Å²) in [6, 6.07) is 12.0. The summed E-state index contributed by atoms with van der Waals surface area (Å²) in [4.78, 5) is 11.3. The summed E-state index contributed by atoms with van der Waals surface area (Å²) < 4.78 is 10.0. The number of ether oxygens (including phenoxy) is 1. The van der Waals surface area contributed by atoms with Crippen LogP contribution in [-0.4, -0.2) is 13.1 Å². The van der Waals surface area contributed by atoms with Gasteiger partial charge in [-0.1, -0.05) is 29.8 Å². The SMILES string of the molecule is COC(=O)c1ccc(CN[C@@H](C)c2ccc(C)cc2)o1. The van der Waals surface area contributed by atoms with Crippen LogP contribution in [-0.2, 0) is 11.3 Å². The maximum absolute atomic E-state index is 11.3. The lowest BCUT2D eigenvalue weighted by molar-refractivity contribution is 0.0563. The van der Waals surface area contributed by atoms with Gasteiger partial charge in [0.15, 0.2) is 0 Å². The number of furan rings is 1. The lowest BCUT2D eigenvalue weighted by Crippen LogP contribution is -2.17. The fourth-order valence-corrected chi connectivity index (χ4v) is 1.91. The molecule has 0 fully saturated rings. The Morgan fingerprint density at radius 3 is 2.60 bits per heavy atom. The number of carbonyl (C=O) groups excluding carboxylic acids is 1. The van der Waals surface area contributed by atoms with Crippen LogP contribution in [0.2, 0.25) is 0 Å². The molecular formula is C16H19NO3. The number of carbonyl (C=O) groups is 1. The average Bonchev–Trinajstić information content (AvgIpc) is 2.93. The van der Waals surface area contributed by atoms with Crippen molar-refractivity contribution in [2.75, 3.05) is 7.11 Å². The van der Waals surface area contributed by atoms with Crippen LogP contribution in [0.4, 0.5) is 0 Å². The number of esters is 1. The van der Waals surface area contributed by atoms with Crippen molar-refractivity contribution in [2.45, 2.75) is 26.4 Å². The zero-order chi connectivity index (χ0) is 14.5. The predicted octanol–water partition coefficient (Wildman–Crippen LogP) is 3.23. The zero-order valence-corrected chi connectivity index (χ0v) is 12.0. The summed E-state index contributed by atoms with van der Waals surface area (Å²) in [6.07, 6.45) is 0. The van der Waals surface area contributed by atoms with Gasteiger partial charge in [0.1, 0.15) is 5.76 Å². The van der Waals surface area contributed by atoms with Crippen molar-refractivity contribution in [1.82, 2.24) is 5.32 Å². The van der Waals surface area contributed by atoms with Gasteiger partial charge < -0.3 is 14.5 Å². The second-order valence-corrected chi connectivity index (χ2v) is 4.77. The number of nitrogens with one attached hydrogen (secondary N) is 1. The molecule has 2 aromatic rings. The largest absolute Gasteiger partial charge is 0.463 e. The van der Waals surface area contributed by atoms with Gasteiger partial charge in [-0.3, -0.25) is 0 Å². The van der Waals surface area contributed by atoms with Crippen molar-refractivity contribution in [3.8, 4) is 0 Å². The Kier molecular flexibility index (Phi) is 4.58. The van der Waals surface area contributed by atoms with E-state index >= 15 is 0 Å². The molecule has 0 saturated heterocycles. The fourth-order valence-electron chi connectivity index (χ4n) is 1.91. The quantitative estimate of drug-likeness (QED) is 0.850. The van der Waals surface area contributed by atoms with Gasteiger partial charge in [-0.25, -0.2) is 4.79 Å². The number of hydrogen-bond donors (Lipinski definition) is 1. The van der Waals surface area contributed by atoms with E-state index < -0.39 is 5.97 Å². The van der Waals surface area contributed by atoms with E-state index in [1.165, 1.54) is 18.2 Å². The molecular weight excluding hydrogens is 254 g/mol. The van der Waals surface area contributed by atoms with Gasteiger partial charge >= 0.3 is 5.97 Å². The Morgan fingerprint density at radius 1 is 1.25 bits per heavy atom. The standard InChI is InChI=1S/C16H19NO3/c1-11-4-6-13(7-5-11)12(2)17-10-14-8-9-15(20-14)16(18)19-3/h4-9,12,17H,10H2,1-3H3/t12-/m0/s1. The zero-order valence-electron chi connectivity index (χ0n) is 12.0. The maximum atomic E-state index is 11.3. The van der Waals surface area contributed by atoms with Gasteiger partial charge in [-0.05, 0) is 31.5 Å². The molecule has 0 aliphatic carbocycles. The predicted molar refractivity (Wildman–Crippen MR) is 76.5 cm³/mol. The summed E-state index contributed by atoms with van der Waals surface area (Å²) in [5.74, 6) is 0.486. The highest BCUT2D eigenvalue weighted by Gasteiger charge is 2.11. The van der Waals surface area contributed by atoms with E-state index in [0.29, 0.717) is 12.3 Å². The van der Waals surface area contributed by atoms with Crippen LogP contribution in [0.1, 0.15) is 40.4 Å². The third kappa shape index (κ3) is 3.48. The molecule has 4 heteroatoms. The van der Waals surface area contributed by atoms with Crippen LogP contribution < -0.4 is 5.32 Å². The summed E-state index contributed by atoms with van der Waals surface area (Å²) in [5, 5.41) is 3.36. The van der Waals surface area contributed by atoms with E-state index in [0.717, 1.165) is 0 Å². The van der Waals surface area contributed by atoms with Crippen molar-refractivity contribution < 1.29 is 13.9 Å². The summed E-state index contributed by atoms with van der Waals surface area (Å²) >= 11 is 0. The Morgan fingerprint density at radius 2 is 1.95 bits per heavy atom. The second kappa shape index (κ2) is 6.39. The minimum atomic E-state index is -0.456. The summed E-state index contributed by atoms with van der Waals surface area (Å²) in [7, 11) is 1.34. The van der Waals surface area contributed by atoms with Crippen LogP contribution in [0.3, 0.4) is 0 Å². The first kappa shape index (κ1) is 14.3. The molecule has 0 unspecified atom stereocenters. The summed E-state index contributed by atoms with van der Waals surface area (Å²) in [5.41, 5.74) is 2.46. The van der Waals surface area contributed by atoms with Crippen LogP contribution >= 0.6 is 0 Å². The molecule has 1 atom stereocenters. The average molecular weight is 273 g/mol. The molecule has 0 aliphatic heterocycles. The minimum absolute atomic E-state index is 0.210. The molecule has 1 N–H and O–H groups in total. The van der Waals surface area contributed by atoms with Crippen molar-refractivity contribution in [1.29, 1.82) is 0 Å². The number of benzene rings is 1. The number of rotatable bonds is 5. The normalized spacial score (nSPS) is 12.2. The molecule has 1 aromatic carbocycles. The Labute approximate surface area is 118 Å². The third-order valence-corrected chi connectivity index (χ3v) is 3.21. The van der Waals surface area contributed by atoms with Crippen LogP contribution in [0.15, 0.2) is 40.8 Å². The van der Waals surface area contributed by atoms with Crippen molar-refractivity contribution >= 4 is 5.97 Å². The van der Waals surface area contributed by atoms with Gasteiger partial charge in [0.25, 0.3) is 0 Å². The van der Waals surface area contributed by atoms with Gasteiger partial charge in [0, 0.05) is 6.04 Å². The summed E-state index contributed by atoms with van der Waals surface area (Å²) in [6.45, 7) is 4.72. The minimum Gasteiger partial charge on any atom is -0.463 e. The van der Waals surface area contributed by atoms with Gasteiger partial charge in [-0.2, -0.15) is 0 Å². The second-order valence-electron chi connectivity index (χ2n) is 4.77. The lowest BCUT2D eigenvalue weighted by Gasteiger charge is -2.13. The van der Waals surface area contributed by atoms with Crippen LogP contribution in [0, 0.1) is 6.92 Å². The van der Waals surface area contributed by atoms with E-state index in [2.05, 4.69) is 48.2 Å². The molecule has 0 radical (unpaired) electrons. The molecule has 106 valence electrons. The van der Waals surface area contributed by atoms with Gasteiger partial charge in [-0.15, -0.1) is 0 Å². The van der Waals surface area contributed by atoms with E-state index in [4.69, 9.17) is 4.42 Å². The Bertz CT molecular complexity index is 572. The highest BCUT2D eigenvalue weighted by atomic mass is 16.5. The third-order valence-electron chi connectivity index (χ3n) is 3.21. The fraction of sp³-hybridized carbons (Fsp3) is 0.312. The van der Waals surface area contributed by atoms with E-state index in [1.54, 1.807) is 12.1 Å². The highest BCUT2D eigenvalue weighted by molar-refractivity contribution is 5.86. The lowest BCUT2D eigenvalue weighted by atomic mass is 10.1. The highest BCUT2D eigenvalue weighted by Crippen LogP contribution is 2.15.